The van der Waals surface area contributed by atoms with E-state index in [0.717, 1.165) is 22.1 Å². The Bertz CT molecular complexity index is 744. The number of H-pyrrole nitrogens is 1. The molecule has 0 radical (unpaired) electrons. The van der Waals surface area contributed by atoms with Gasteiger partial charge >= 0.3 is 0 Å². The quantitative estimate of drug-likeness (QED) is 0.579. The van der Waals surface area contributed by atoms with E-state index in [-0.39, 0.29) is 5.43 Å². The summed E-state index contributed by atoms with van der Waals surface area (Å²) in [5, 5.41) is 1.63. The van der Waals surface area contributed by atoms with Gasteiger partial charge in [0.2, 0.25) is 0 Å². The summed E-state index contributed by atoms with van der Waals surface area (Å²) in [5.41, 5.74) is 2.66. The maximum atomic E-state index is 11.8. The standard InChI is InChI=1S/C13H10N2O/c1-8-6-12(16)10-7-14-11-5-3-2-4-9(11)13(10)15-8/h2-7H,1H3,(H,15,16). The molecule has 3 heteroatoms. The van der Waals surface area contributed by atoms with Gasteiger partial charge in [-0.1, -0.05) is 18.2 Å². The van der Waals surface area contributed by atoms with Gasteiger partial charge in [0.05, 0.1) is 16.4 Å². The first kappa shape index (κ1) is 9.09. The summed E-state index contributed by atoms with van der Waals surface area (Å²) < 4.78 is 0. The Kier molecular flexibility index (Phi) is 1.80. The van der Waals surface area contributed by atoms with Crippen LogP contribution in [0.25, 0.3) is 21.8 Å². The van der Waals surface area contributed by atoms with Crippen LogP contribution in [0.5, 0.6) is 0 Å². The van der Waals surface area contributed by atoms with Crippen LogP contribution < -0.4 is 5.43 Å². The van der Waals surface area contributed by atoms with Crippen LogP contribution >= 0.6 is 0 Å². The number of fused-ring (bicyclic) bond motifs is 3. The number of rotatable bonds is 0. The Morgan fingerprint density at radius 3 is 2.88 bits per heavy atom. The smallest absolute Gasteiger partial charge is 0.191 e. The molecular formula is C13H10N2O. The van der Waals surface area contributed by atoms with Gasteiger partial charge in [0.1, 0.15) is 0 Å². The second-order valence-corrected chi connectivity index (χ2v) is 3.88. The predicted molar refractivity (Wildman–Crippen MR) is 64.6 cm³/mol. The molecule has 0 saturated carbocycles. The maximum absolute atomic E-state index is 11.8. The third-order valence-corrected chi connectivity index (χ3v) is 2.71. The minimum absolute atomic E-state index is 0.0181. The molecule has 0 atom stereocenters. The molecular weight excluding hydrogens is 200 g/mol. The van der Waals surface area contributed by atoms with E-state index in [1.807, 2.05) is 31.2 Å². The van der Waals surface area contributed by atoms with Gasteiger partial charge in [-0.3, -0.25) is 9.78 Å². The Hall–Kier alpha value is -2.16. The van der Waals surface area contributed by atoms with Gasteiger partial charge in [-0.25, -0.2) is 0 Å². The van der Waals surface area contributed by atoms with E-state index in [1.165, 1.54) is 0 Å². The van der Waals surface area contributed by atoms with Crippen molar-refractivity contribution in [3.05, 3.63) is 52.4 Å². The van der Waals surface area contributed by atoms with E-state index < -0.39 is 0 Å². The highest BCUT2D eigenvalue weighted by molar-refractivity contribution is 6.02. The topological polar surface area (TPSA) is 45.8 Å². The fraction of sp³-hybridized carbons (Fsp3) is 0.0769. The molecule has 0 bridgehead atoms. The molecule has 0 aliphatic carbocycles. The zero-order valence-electron chi connectivity index (χ0n) is 8.82. The number of nitrogens with one attached hydrogen (secondary N) is 1. The first-order chi connectivity index (χ1) is 7.75. The molecule has 1 aromatic carbocycles. The van der Waals surface area contributed by atoms with Gasteiger partial charge < -0.3 is 4.98 Å². The van der Waals surface area contributed by atoms with Crippen LogP contribution in [0.4, 0.5) is 0 Å². The molecule has 0 amide bonds. The number of para-hydroxylation sites is 1. The van der Waals surface area contributed by atoms with Gasteiger partial charge in [0.25, 0.3) is 0 Å². The van der Waals surface area contributed by atoms with Crippen LogP contribution in [-0.4, -0.2) is 9.97 Å². The Morgan fingerprint density at radius 2 is 2.00 bits per heavy atom. The van der Waals surface area contributed by atoms with Crippen LogP contribution in [0, 0.1) is 6.92 Å². The highest BCUT2D eigenvalue weighted by atomic mass is 16.1. The molecule has 0 aliphatic rings. The summed E-state index contributed by atoms with van der Waals surface area (Å²) in [7, 11) is 0. The monoisotopic (exact) mass is 210 g/mol. The van der Waals surface area contributed by atoms with Crippen molar-refractivity contribution in [2.24, 2.45) is 0 Å². The van der Waals surface area contributed by atoms with Gasteiger partial charge in [-0.15, -0.1) is 0 Å². The molecule has 1 N–H and O–H groups in total. The molecule has 3 aromatic rings. The summed E-state index contributed by atoms with van der Waals surface area (Å²) >= 11 is 0. The van der Waals surface area contributed by atoms with Gasteiger partial charge in [-0.05, 0) is 13.0 Å². The fourth-order valence-corrected chi connectivity index (χ4v) is 1.97. The zero-order valence-corrected chi connectivity index (χ0v) is 8.82. The van der Waals surface area contributed by atoms with Crippen molar-refractivity contribution in [1.29, 1.82) is 0 Å². The van der Waals surface area contributed by atoms with Gasteiger partial charge in [-0.2, -0.15) is 0 Å². The average molecular weight is 210 g/mol. The summed E-state index contributed by atoms with van der Waals surface area (Å²) in [5.74, 6) is 0. The van der Waals surface area contributed by atoms with Crippen LogP contribution in [0.1, 0.15) is 5.69 Å². The SMILES string of the molecule is Cc1cc(=O)c2cnc3ccccc3c2[nH]1. The molecule has 0 fully saturated rings. The highest BCUT2D eigenvalue weighted by Gasteiger charge is 2.04. The number of aromatic amines is 1. The average Bonchev–Trinajstić information content (AvgIpc) is 2.28. The third-order valence-electron chi connectivity index (χ3n) is 2.71. The van der Waals surface area contributed by atoms with Gasteiger partial charge in [0, 0.05) is 23.3 Å². The number of hydrogen-bond acceptors (Lipinski definition) is 2. The number of aromatic nitrogens is 2. The lowest BCUT2D eigenvalue weighted by molar-refractivity contribution is 1.24. The Balaban J connectivity index is 2.65. The van der Waals surface area contributed by atoms with Crippen molar-refractivity contribution in [1.82, 2.24) is 9.97 Å². The molecule has 0 unspecified atom stereocenters. The van der Waals surface area contributed by atoms with Crippen molar-refractivity contribution in [2.45, 2.75) is 6.92 Å². The second-order valence-electron chi connectivity index (χ2n) is 3.88. The largest absolute Gasteiger partial charge is 0.358 e. The lowest BCUT2D eigenvalue weighted by Crippen LogP contribution is -2.03. The minimum Gasteiger partial charge on any atom is -0.358 e. The molecule has 0 saturated heterocycles. The molecule has 0 spiro atoms. The molecule has 2 heterocycles. The molecule has 2 aromatic heterocycles. The van der Waals surface area contributed by atoms with E-state index in [2.05, 4.69) is 9.97 Å². The van der Waals surface area contributed by atoms with E-state index in [9.17, 15) is 4.79 Å². The molecule has 3 rings (SSSR count). The Morgan fingerprint density at radius 1 is 1.19 bits per heavy atom. The van der Waals surface area contributed by atoms with Crippen LogP contribution in [0.3, 0.4) is 0 Å². The van der Waals surface area contributed by atoms with Gasteiger partial charge in [0.15, 0.2) is 5.43 Å². The number of nitrogens with zero attached hydrogens (tertiary/aromatic N) is 1. The number of aryl methyl sites for hydroxylation is 1. The van der Waals surface area contributed by atoms with E-state index in [1.54, 1.807) is 12.3 Å². The number of pyridine rings is 2. The highest BCUT2D eigenvalue weighted by Crippen LogP contribution is 2.19. The lowest BCUT2D eigenvalue weighted by atomic mass is 10.1. The van der Waals surface area contributed by atoms with Crippen molar-refractivity contribution in [3.63, 3.8) is 0 Å². The molecule has 0 aliphatic heterocycles. The maximum Gasteiger partial charge on any atom is 0.191 e. The summed E-state index contributed by atoms with van der Waals surface area (Å²) in [6.07, 6.45) is 1.63. The molecule has 3 nitrogen and oxygen atoms in total. The Labute approximate surface area is 91.8 Å². The van der Waals surface area contributed by atoms with Crippen molar-refractivity contribution < 1.29 is 0 Å². The van der Waals surface area contributed by atoms with Crippen molar-refractivity contribution in [2.75, 3.05) is 0 Å². The zero-order chi connectivity index (χ0) is 11.1. The first-order valence-electron chi connectivity index (χ1n) is 5.13. The van der Waals surface area contributed by atoms with Crippen molar-refractivity contribution >= 4 is 21.8 Å². The molecule has 16 heavy (non-hydrogen) atoms. The fourth-order valence-electron chi connectivity index (χ4n) is 1.97. The number of benzene rings is 1. The van der Waals surface area contributed by atoms with E-state index in [4.69, 9.17) is 0 Å². The summed E-state index contributed by atoms with van der Waals surface area (Å²) in [6.45, 7) is 1.88. The molecule has 78 valence electrons. The van der Waals surface area contributed by atoms with Crippen molar-refractivity contribution in [3.8, 4) is 0 Å². The predicted octanol–water partition coefficient (Wildman–Crippen LogP) is 2.38. The summed E-state index contributed by atoms with van der Waals surface area (Å²) in [6, 6.07) is 9.40. The minimum atomic E-state index is 0.0181. The summed E-state index contributed by atoms with van der Waals surface area (Å²) in [4.78, 5) is 19.3. The first-order valence-corrected chi connectivity index (χ1v) is 5.13. The van der Waals surface area contributed by atoms with E-state index in [0.29, 0.717) is 5.39 Å². The second kappa shape index (κ2) is 3.17. The third kappa shape index (κ3) is 1.21. The van der Waals surface area contributed by atoms with Crippen LogP contribution in [0.2, 0.25) is 0 Å². The lowest BCUT2D eigenvalue weighted by Gasteiger charge is -2.03. The van der Waals surface area contributed by atoms with Crippen LogP contribution in [-0.2, 0) is 0 Å². The van der Waals surface area contributed by atoms with Crippen LogP contribution in [0.15, 0.2) is 41.3 Å². The number of hydrogen-bond donors (Lipinski definition) is 1. The van der Waals surface area contributed by atoms with E-state index >= 15 is 0 Å². The normalized spacial score (nSPS) is 11.1.